The van der Waals surface area contributed by atoms with Crippen molar-refractivity contribution in [3.8, 4) is 0 Å². The van der Waals surface area contributed by atoms with Crippen LogP contribution in [-0.2, 0) is 11.2 Å². The van der Waals surface area contributed by atoms with Crippen molar-refractivity contribution >= 4 is 16.9 Å². The first-order valence-electron chi connectivity index (χ1n) is 9.02. The molecule has 1 aliphatic heterocycles. The predicted molar refractivity (Wildman–Crippen MR) is 100 cm³/mol. The normalized spacial score (nSPS) is 16.0. The van der Waals surface area contributed by atoms with Crippen LogP contribution in [0.3, 0.4) is 0 Å². The summed E-state index contributed by atoms with van der Waals surface area (Å²) in [5.74, 6) is 0. The Balaban J connectivity index is 1.51. The number of piperazine rings is 1. The third kappa shape index (κ3) is 4.64. The van der Waals surface area contributed by atoms with Gasteiger partial charge in [-0.3, -0.25) is 4.90 Å². The lowest BCUT2D eigenvalue weighted by atomic mass is 10.1. The lowest BCUT2D eigenvalue weighted by molar-refractivity contribution is 0.0146. The molecule has 0 radical (unpaired) electrons. The molecule has 2 heterocycles. The van der Waals surface area contributed by atoms with E-state index in [1.54, 1.807) is 4.90 Å². The van der Waals surface area contributed by atoms with Crippen molar-refractivity contribution in [1.82, 2.24) is 9.80 Å². The summed E-state index contributed by atoms with van der Waals surface area (Å²) in [6.07, 6.45) is 2.11. The third-order valence-electron chi connectivity index (χ3n) is 4.50. The van der Waals surface area contributed by atoms with E-state index in [0.29, 0.717) is 18.5 Å². The maximum Gasteiger partial charge on any atom is 0.410 e. The smallest absolute Gasteiger partial charge is 0.410 e. The van der Waals surface area contributed by atoms with Crippen molar-refractivity contribution in [2.24, 2.45) is 0 Å². The van der Waals surface area contributed by atoms with E-state index >= 15 is 0 Å². The molecule has 6 heteroatoms. The second-order valence-corrected chi connectivity index (χ2v) is 7.69. The lowest BCUT2D eigenvalue weighted by Crippen LogP contribution is -2.50. The van der Waals surface area contributed by atoms with Gasteiger partial charge in [-0.1, -0.05) is 12.1 Å². The van der Waals surface area contributed by atoms with Gasteiger partial charge in [0.15, 0.2) is 0 Å². The fraction of sp³-hybridized carbons (Fsp3) is 0.500. The van der Waals surface area contributed by atoms with Gasteiger partial charge in [-0.15, -0.1) is 0 Å². The first-order valence-corrected chi connectivity index (χ1v) is 9.02. The minimum atomic E-state index is -0.457. The van der Waals surface area contributed by atoms with Crippen LogP contribution in [0.2, 0.25) is 0 Å². The van der Waals surface area contributed by atoms with Gasteiger partial charge in [0.2, 0.25) is 0 Å². The summed E-state index contributed by atoms with van der Waals surface area (Å²) >= 11 is 0. The minimum absolute atomic E-state index is 0.231. The highest BCUT2D eigenvalue weighted by Crippen LogP contribution is 2.15. The standard InChI is InChI=1S/C20H26N2O4/c1-20(2,3)26-19(24)22-11-9-21(10-12-22)8-6-15-4-5-17-16(14-15)7-13-25-18(17)23/h4-5,7,13-14H,6,8-12H2,1-3H3. The molecule has 0 N–H and O–H groups in total. The van der Waals surface area contributed by atoms with Crippen molar-refractivity contribution in [3.05, 3.63) is 46.5 Å². The highest BCUT2D eigenvalue weighted by molar-refractivity contribution is 5.81. The second kappa shape index (κ2) is 7.50. The molecule has 0 bridgehead atoms. The van der Waals surface area contributed by atoms with Crippen molar-refractivity contribution < 1.29 is 13.9 Å². The fourth-order valence-electron chi connectivity index (χ4n) is 3.09. The van der Waals surface area contributed by atoms with Gasteiger partial charge in [-0.2, -0.15) is 0 Å². The van der Waals surface area contributed by atoms with Crippen molar-refractivity contribution in [2.75, 3.05) is 32.7 Å². The van der Waals surface area contributed by atoms with Gasteiger partial charge >= 0.3 is 11.7 Å². The van der Waals surface area contributed by atoms with Gasteiger partial charge in [-0.05, 0) is 50.3 Å². The first-order chi connectivity index (χ1) is 12.3. The molecule has 1 fully saturated rings. The van der Waals surface area contributed by atoms with Crippen LogP contribution in [0.4, 0.5) is 4.79 Å². The predicted octanol–water partition coefficient (Wildman–Crippen LogP) is 2.89. The molecule has 0 atom stereocenters. The molecule has 1 amide bonds. The maximum atomic E-state index is 12.1. The summed E-state index contributed by atoms with van der Waals surface area (Å²) in [4.78, 5) is 27.9. The largest absolute Gasteiger partial charge is 0.444 e. The second-order valence-electron chi connectivity index (χ2n) is 7.69. The van der Waals surface area contributed by atoms with Crippen LogP contribution >= 0.6 is 0 Å². The number of ether oxygens (including phenoxy) is 1. The first kappa shape index (κ1) is 18.5. The highest BCUT2D eigenvalue weighted by Gasteiger charge is 2.25. The zero-order valence-corrected chi connectivity index (χ0v) is 15.7. The summed E-state index contributed by atoms with van der Waals surface area (Å²) in [7, 11) is 0. The third-order valence-corrected chi connectivity index (χ3v) is 4.50. The SMILES string of the molecule is CC(C)(C)OC(=O)N1CCN(CCc2ccc3c(=O)occc3c2)CC1. The highest BCUT2D eigenvalue weighted by atomic mass is 16.6. The van der Waals surface area contributed by atoms with E-state index in [-0.39, 0.29) is 11.7 Å². The molecule has 26 heavy (non-hydrogen) atoms. The van der Waals surface area contributed by atoms with Crippen LogP contribution in [0, 0.1) is 0 Å². The van der Waals surface area contributed by atoms with E-state index in [1.807, 2.05) is 45.0 Å². The van der Waals surface area contributed by atoms with E-state index in [2.05, 4.69) is 4.90 Å². The molecular weight excluding hydrogens is 332 g/mol. The Hall–Kier alpha value is -2.34. The number of rotatable bonds is 3. The number of hydrogen-bond acceptors (Lipinski definition) is 5. The maximum absolute atomic E-state index is 12.1. The van der Waals surface area contributed by atoms with Crippen LogP contribution in [-0.4, -0.2) is 54.2 Å². The van der Waals surface area contributed by atoms with Gasteiger partial charge in [0.05, 0.1) is 11.6 Å². The van der Waals surface area contributed by atoms with E-state index in [0.717, 1.165) is 31.4 Å². The zero-order chi connectivity index (χ0) is 18.7. The number of hydrogen-bond donors (Lipinski definition) is 0. The van der Waals surface area contributed by atoms with Gasteiger partial charge in [0, 0.05) is 32.7 Å². The molecular formula is C20H26N2O4. The molecule has 3 rings (SSSR count). The Morgan fingerprint density at radius 3 is 2.58 bits per heavy atom. The quantitative estimate of drug-likeness (QED) is 0.844. The molecule has 1 saturated heterocycles. The van der Waals surface area contributed by atoms with Crippen LogP contribution in [0.15, 0.2) is 39.7 Å². The Bertz CT molecular complexity index is 830. The van der Waals surface area contributed by atoms with E-state index in [1.165, 1.54) is 11.8 Å². The van der Waals surface area contributed by atoms with Gasteiger partial charge in [0.25, 0.3) is 0 Å². The van der Waals surface area contributed by atoms with Gasteiger partial charge < -0.3 is 14.1 Å². The Kier molecular flexibility index (Phi) is 5.32. The number of amides is 1. The zero-order valence-electron chi connectivity index (χ0n) is 15.7. The van der Waals surface area contributed by atoms with Crippen molar-refractivity contribution in [1.29, 1.82) is 0 Å². The summed E-state index contributed by atoms with van der Waals surface area (Å²) in [6, 6.07) is 7.68. The Morgan fingerprint density at radius 2 is 1.88 bits per heavy atom. The van der Waals surface area contributed by atoms with E-state index < -0.39 is 5.60 Å². The van der Waals surface area contributed by atoms with Crippen molar-refractivity contribution in [3.63, 3.8) is 0 Å². The molecule has 0 spiro atoms. The van der Waals surface area contributed by atoms with Crippen LogP contribution in [0.1, 0.15) is 26.3 Å². The van der Waals surface area contributed by atoms with Gasteiger partial charge in [0.1, 0.15) is 5.60 Å². The summed E-state index contributed by atoms with van der Waals surface area (Å²) in [6.45, 7) is 9.64. The number of benzene rings is 1. The molecule has 0 unspecified atom stereocenters. The number of carbonyl (C=O) groups is 1. The van der Waals surface area contributed by atoms with Crippen molar-refractivity contribution in [2.45, 2.75) is 32.8 Å². The monoisotopic (exact) mass is 358 g/mol. The van der Waals surface area contributed by atoms with Crippen LogP contribution in [0.25, 0.3) is 10.8 Å². The average molecular weight is 358 g/mol. The molecule has 0 saturated carbocycles. The number of carbonyl (C=O) groups excluding carboxylic acids is 1. The average Bonchev–Trinajstić information content (AvgIpc) is 2.59. The molecule has 2 aromatic rings. The molecule has 1 aromatic carbocycles. The molecule has 140 valence electrons. The molecule has 1 aliphatic rings. The minimum Gasteiger partial charge on any atom is -0.444 e. The van der Waals surface area contributed by atoms with Gasteiger partial charge in [-0.25, -0.2) is 9.59 Å². The molecule has 1 aromatic heterocycles. The summed E-state index contributed by atoms with van der Waals surface area (Å²) in [5, 5.41) is 1.52. The molecule has 0 aliphatic carbocycles. The molecule has 6 nitrogen and oxygen atoms in total. The number of fused-ring (bicyclic) bond motifs is 1. The number of nitrogens with zero attached hydrogens (tertiary/aromatic N) is 2. The Labute approximate surface area is 153 Å². The van der Waals surface area contributed by atoms with E-state index in [9.17, 15) is 9.59 Å². The Morgan fingerprint density at radius 1 is 1.15 bits per heavy atom. The fourth-order valence-corrected chi connectivity index (χ4v) is 3.09. The summed E-state index contributed by atoms with van der Waals surface area (Å²) in [5.41, 5.74) is 0.437. The van der Waals surface area contributed by atoms with Crippen LogP contribution in [0.5, 0.6) is 0 Å². The lowest BCUT2D eigenvalue weighted by Gasteiger charge is -2.35. The topological polar surface area (TPSA) is 63.0 Å². The summed E-state index contributed by atoms with van der Waals surface area (Å²) < 4.78 is 10.3. The van der Waals surface area contributed by atoms with E-state index in [4.69, 9.17) is 9.15 Å². The van der Waals surface area contributed by atoms with Crippen LogP contribution < -0.4 is 5.63 Å².